The Hall–Kier alpha value is -0.930. The second-order valence-electron chi connectivity index (χ2n) is 4.81. The molecule has 3 nitrogen and oxygen atoms in total. The van der Waals surface area contributed by atoms with Crippen molar-refractivity contribution < 1.29 is 0 Å². The zero-order valence-electron chi connectivity index (χ0n) is 10.0. The number of hydrogen-bond donors (Lipinski definition) is 1. The third-order valence-corrected chi connectivity index (χ3v) is 3.41. The van der Waals surface area contributed by atoms with Crippen LogP contribution in [-0.4, -0.2) is 23.5 Å². The van der Waals surface area contributed by atoms with Crippen molar-refractivity contribution in [3.63, 3.8) is 0 Å². The van der Waals surface area contributed by atoms with Crippen molar-refractivity contribution in [1.82, 2.24) is 9.88 Å². The first-order chi connectivity index (χ1) is 7.79. The molecule has 0 bridgehead atoms. The Morgan fingerprint density at radius 1 is 1.50 bits per heavy atom. The molecule has 1 aliphatic rings. The first kappa shape index (κ1) is 11.6. The Balaban J connectivity index is 1.91. The van der Waals surface area contributed by atoms with E-state index in [1.54, 1.807) is 0 Å². The number of aromatic nitrogens is 1. The largest absolute Gasteiger partial charge is 0.325 e. The van der Waals surface area contributed by atoms with Crippen LogP contribution in [0.4, 0.5) is 0 Å². The van der Waals surface area contributed by atoms with E-state index in [0.29, 0.717) is 6.54 Å². The third-order valence-electron chi connectivity index (χ3n) is 3.41. The molecule has 0 spiro atoms. The maximum atomic E-state index is 5.68. The molecule has 0 atom stereocenters. The van der Waals surface area contributed by atoms with Crippen LogP contribution in [0, 0.1) is 5.92 Å². The van der Waals surface area contributed by atoms with Gasteiger partial charge in [-0.2, -0.15) is 0 Å². The molecule has 88 valence electrons. The van der Waals surface area contributed by atoms with Gasteiger partial charge in [-0.15, -0.1) is 0 Å². The van der Waals surface area contributed by atoms with Crippen LogP contribution in [0.5, 0.6) is 0 Å². The standard InChI is InChI=1S/C13H21N3/c1-16(9-11-4-2-5-11)10-12-6-3-7-15-13(12)8-14/h3,6-7,11H,2,4-5,8-10,14H2,1H3. The van der Waals surface area contributed by atoms with E-state index in [-0.39, 0.29) is 0 Å². The molecule has 1 saturated carbocycles. The molecule has 0 unspecified atom stereocenters. The molecule has 1 fully saturated rings. The van der Waals surface area contributed by atoms with Crippen LogP contribution < -0.4 is 5.73 Å². The van der Waals surface area contributed by atoms with Gasteiger partial charge < -0.3 is 10.6 Å². The van der Waals surface area contributed by atoms with Crippen LogP contribution >= 0.6 is 0 Å². The van der Waals surface area contributed by atoms with Crippen LogP contribution in [0.1, 0.15) is 30.5 Å². The lowest BCUT2D eigenvalue weighted by atomic mass is 9.85. The van der Waals surface area contributed by atoms with Crippen molar-refractivity contribution in [2.75, 3.05) is 13.6 Å². The zero-order valence-corrected chi connectivity index (χ0v) is 10.0. The van der Waals surface area contributed by atoms with Crippen molar-refractivity contribution in [3.8, 4) is 0 Å². The second kappa shape index (κ2) is 5.41. The fourth-order valence-corrected chi connectivity index (χ4v) is 2.27. The van der Waals surface area contributed by atoms with Crippen molar-refractivity contribution in [1.29, 1.82) is 0 Å². The van der Waals surface area contributed by atoms with Gasteiger partial charge in [0.2, 0.25) is 0 Å². The minimum atomic E-state index is 0.535. The average molecular weight is 219 g/mol. The van der Waals surface area contributed by atoms with Crippen LogP contribution in [-0.2, 0) is 13.1 Å². The topological polar surface area (TPSA) is 42.2 Å². The van der Waals surface area contributed by atoms with E-state index in [9.17, 15) is 0 Å². The summed E-state index contributed by atoms with van der Waals surface area (Å²) in [5, 5.41) is 0. The molecule has 16 heavy (non-hydrogen) atoms. The van der Waals surface area contributed by atoms with Gasteiger partial charge in [-0.05, 0) is 37.4 Å². The van der Waals surface area contributed by atoms with E-state index >= 15 is 0 Å². The highest BCUT2D eigenvalue weighted by Gasteiger charge is 2.19. The van der Waals surface area contributed by atoms with E-state index in [2.05, 4.69) is 23.0 Å². The fraction of sp³-hybridized carbons (Fsp3) is 0.615. The maximum absolute atomic E-state index is 5.68. The first-order valence-corrected chi connectivity index (χ1v) is 6.11. The summed E-state index contributed by atoms with van der Waals surface area (Å²) in [6, 6.07) is 4.12. The van der Waals surface area contributed by atoms with Crippen LogP contribution in [0.2, 0.25) is 0 Å². The van der Waals surface area contributed by atoms with Crippen LogP contribution in [0.3, 0.4) is 0 Å². The van der Waals surface area contributed by atoms with Gasteiger partial charge in [-0.1, -0.05) is 12.5 Å². The maximum Gasteiger partial charge on any atom is 0.0584 e. The average Bonchev–Trinajstić information content (AvgIpc) is 2.24. The number of hydrogen-bond acceptors (Lipinski definition) is 3. The SMILES string of the molecule is CN(Cc1cccnc1CN)CC1CCC1. The molecule has 0 aromatic carbocycles. The Kier molecular flexibility index (Phi) is 3.91. The molecule has 1 heterocycles. The predicted octanol–water partition coefficient (Wildman–Crippen LogP) is 1.77. The molecule has 1 aromatic rings. The molecule has 0 aliphatic heterocycles. The van der Waals surface area contributed by atoms with Gasteiger partial charge in [0.05, 0.1) is 5.69 Å². The van der Waals surface area contributed by atoms with E-state index in [0.717, 1.165) is 18.2 Å². The Bertz CT molecular complexity index is 334. The van der Waals surface area contributed by atoms with Gasteiger partial charge in [0.15, 0.2) is 0 Å². The Labute approximate surface area is 97.7 Å². The fourth-order valence-electron chi connectivity index (χ4n) is 2.27. The molecule has 1 aliphatic carbocycles. The molecule has 3 heteroatoms. The molecule has 0 radical (unpaired) electrons. The van der Waals surface area contributed by atoms with Gasteiger partial charge in [0, 0.05) is 25.8 Å². The van der Waals surface area contributed by atoms with Crippen LogP contribution in [0.25, 0.3) is 0 Å². The Morgan fingerprint density at radius 2 is 2.31 bits per heavy atom. The number of pyridine rings is 1. The quantitative estimate of drug-likeness (QED) is 0.820. The monoisotopic (exact) mass is 219 g/mol. The highest BCUT2D eigenvalue weighted by Crippen LogP contribution is 2.27. The number of nitrogens with zero attached hydrogens (tertiary/aromatic N) is 2. The van der Waals surface area contributed by atoms with Gasteiger partial charge in [-0.25, -0.2) is 0 Å². The van der Waals surface area contributed by atoms with Crippen molar-refractivity contribution in [3.05, 3.63) is 29.6 Å². The van der Waals surface area contributed by atoms with Crippen molar-refractivity contribution in [2.24, 2.45) is 11.7 Å². The second-order valence-corrected chi connectivity index (χ2v) is 4.81. The summed E-state index contributed by atoms with van der Waals surface area (Å²) in [5.41, 5.74) is 7.98. The third kappa shape index (κ3) is 2.80. The molecular weight excluding hydrogens is 198 g/mol. The van der Waals surface area contributed by atoms with Crippen LogP contribution in [0.15, 0.2) is 18.3 Å². The van der Waals surface area contributed by atoms with E-state index < -0.39 is 0 Å². The van der Waals surface area contributed by atoms with Crippen molar-refractivity contribution in [2.45, 2.75) is 32.4 Å². The van der Waals surface area contributed by atoms with Gasteiger partial charge >= 0.3 is 0 Å². The summed E-state index contributed by atoms with van der Waals surface area (Å²) in [7, 11) is 2.19. The summed E-state index contributed by atoms with van der Waals surface area (Å²) in [6.45, 7) is 2.71. The first-order valence-electron chi connectivity index (χ1n) is 6.11. The van der Waals surface area contributed by atoms with E-state index in [1.165, 1.54) is 31.4 Å². The highest BCUT2D eigenvalue weighted by atomic mass is 15.1. The summed E-state index contributed by atoms with van der Waals surface area (Å²) in [5.74, 6) is 0.919. The van der Waals surface area contributed by atoms with Gasteiger partial charge in [0.25, 0.3) is 0 Å². The molecule has 2 rings (SSSR count). The minimum Gasteiger partial charge on any atom is -0.325 e. The Morgan fingerprint density at radius 3 is 2.94 bits per heavy atom. The van der Waals surface area contributed by atoms with Gasteiger partial charge in [-0.3, -0.25) is 4.98 Å². The highest BCUT2D eigenvalue weighted by molar-refractivity contribution is 5.19. The molecular formula is C13H21N3. The lowest BCUT2D eigenvalue weighted by Crippen LogP contribution is -2.29. The number of nitrogens with two attached hydrogens (primary N) is 1. The zero-order chi connectivity index (χ0) is 11.4. The van der Waals surface area contributed by atoms with E-state index in [1.807, 2.05) is 12.3 Å². The lowest BCUT2D eigenvalue weighted by Gasteiger charge is -2.30. The molecule has 0 amide bonds. The molecule has 1 aromatic heterocycles. The molecule has 2 N–H and O–H groups in total. The summed E-state index contributed by atoms with van der Waals surface area (Å²) in [6.07, 6.45) is 6.04. The molecule has 0 saturated heterocycles. The normalized spacial score (nSPS) is 16.4. The van der Waals surface area contributed by atoms with Crippen molar-refractivity contribution >= 4 is 0 Å². The number of rotatable bonds is 5. The summed E-state index contributed by atoms with van der Waals surface area (Å²) < 4.78 is 0. The predicted molar refractivity (Wildman–Crippen MR) is 65.8 cm³/mol. The van der Waals surface area contributed by atoms with E-state index in [4.69, 9.17) is 5.73 Å². The van der Waals surface area contributed by atoms with Gasteiger partial charge in [0.1, 0.15) is 0 Å². The minimum absolute atomic E-state index is 0.535. The smallest absolute Gasteiger partial charge is 0.0584 e. The summed E-state index contributed by atoms with van der Waals surface area (Å²) in [4.78, 5) is 6.70. The summed E-state index contributed by atoms with van der Waals surface area (Å²) >= 11 is 0. The lowest BCUT2D eigenvalue weighted by molar-refractivity contribution is 0.200.